The molecule has 184 valence electrons. The van der Waals surface area contributed by atoms with Gasteiger partial charge in [0.25, 0.3) is 5.91 Å². The molecule has 8 heteroatoms. The molecule has 1 aliphatic rings. The second-order valence-corrected chi connectivity index (χ2v) is 7.84. The lowest BCUT2D eigenvalue weighted by molar-refractivity contribution is -0.176. The molecular weight excluding hydrogens is 450 g/mol. The van der Waals surface area contributed by atoms with Gasteiger partial charge in [0.05, 0.1) is 13.7 Å². The van der Waals surface area contributed by atoms with Gasteiger partial charge in [-0.25, -0.2) is 4.79 Å². The van der Waals surface area contributed by atoms with Crippen molar-refractivity contribution in [3.8, 4) is 5.75 Å². The number of hydrogen-bond acceptors (Lipinski definition) is 7. The number of methoxy groups -OCH3 is 1. The van der Waals surface area contributed by atoms with Crippen LogP contribution in [0.3, 0.4) is 0 Å². The van der Waals surface area contributed by atoms with E-state index in [1.807, 2.05) is 0 Å². The summed E-state index contributed by atoms with van der Waals surface area (Å²) >= 11 is 0. The fourth-order valence-corrected chi connectivity index (χ4v) is 3.91. The van der Waals surface area contributed by atoms with E-state index in [-0.39, 0.29) is 18.9 Å². The van der Waals surface area contributed by atoms with Crippen LogP contribution in [0.25, 0.3) is 0 Å². The van der Waals surface area contributed by atoms with Gasteiger partial charge < -0.3 is 23.8 Å². The molecule has 2 aromatic carbocycles. The van der Waals surface area contributed by atoms with Crippen molar-refractivity contribution in [2.75, 3.05) is 18.6 Å². The Kier molecular flexibility index (Phi) is 8.80. The van der Waals surface area contributed by atoms with Gasteiger partial charge in [-0.05, 0) is 24.3 Å². The number of rotatable bonds is 12. The number of esters is 2. The standard InChI is InChI=1S/C27H29NO7/c1-5-10-22(35-27(31)24(34-18(3)29)19-11-8-7-9-12-19)23-25(33-17-6-2)26(30)28(23)20-13-15-21(32-4)16-14-20/h5-9,11-16,22-25H,1-2,10,17H2,3-4H3/t22?,23-,24-,25+/m0/s1. The predicted molar refractivity (Wildman–Crippen MR) is 130 cm³/mol. The van der Waals surface area contributed by atoms with Crippen LogP contribution in [0, 0.1) is 0 Å². The van der Waals surface area contributed by atoms with Crippen molar-refractivity contribution in [2.24, 2.45) is 0 Å². The van der Waals surface area contributed by atoms with E-state index in [9.17, 15) is 14.4 Å². The Morgan fingerprint density at radius 1 is 1.03 bits per heavy atom. The summed E-state index contributed by atoms with van der Waals surface area (Å²) in [6, 6.07) is 14.9. The van der Waals surface area contributed by atoms with Crippen LogP contribution >= 0.6 is 0 Å². The van der Waals surface area contributed by atoms with Crippen LogP contribution < -0.4 is 9.64 Å². The van der Waals surface area contributed by atoms with Crippen molar-refractivity contribution in [1.29, 1.82) is 0 Å². The van der Waals surface area contributed by atoms with E-state index >= 15 is 0 Å². The smallest absolute Gasteiger partial charge is 0.352 e. The SMILES string of the molecule is C=CCO[C@H]1C(=O)N(c2ccc(OC)cc2)[C@H]1C(CC=C)OC(=O)[C@@H](OC(C)=O)c1ccccc1. The van der Waals surface area contributed by atoms with E-state index in [0.29, 0.717) is 17.0 Å². The predicted octanol–water partition coefficient (Wildman–Crippen LogP) is 3.77. The third kappa shape index (κ3) is 5.96. The summed E-state index contributed by atoms with van der Waals surface area (Å²) < 4.78 is 22.1. The Labute approximate surface area is 204 Å². The molecule has 0 bridgehead atoms. The van der Waals surface area contributed by atoms with Crippen LogP contribution in [0.1, 0.15) is 25.0 Å². The number of β-lactam (4-membered cyclic amide) rings is 1. The normalized spacial score (nSPS) is 18.6. The summed E-state index contributed by atoms with van der Waals surface area (Å²) in [5.41, 5.74) is 1.07. The quantitative estimate of drug-likeness (QED) is 0.260. The van der Waals surface area contributed by atoms with Crippen molar-refractivity contribution in [2.45, 2.75) is 37.7 Å². The molecule has 1 saturated heterocycles. The molecule has 8 nitrogen and oxygen atoms in total. The monoisotopic (exact) mass is 479 g/mol. The van der Waals surface area contributed by atoms with Gasteiger partial charge in [0.15, 0.2) is 6.10 Å². The molecule has 0 aliphatic carbocycles. The number of ether oxygens (including phenoxy) is 4. The van der Waals surface area contributed by atoms with Gasteiger partial charge in [0.2, 0.25) is 6.10 Å². The fraction of sp³-hybridized carbons (Fsp3) is 0.296. The van der Waals surface area contributed by atoms with Gasteiger partial charge >= 0.3 is 11.9 Å². The first-order valence-electron chi connectivity index (χ1n) is 11.1. The number of anilines is 1. The Balaban J connectivity index is 1.91. The highest BCUT2D eigenvalue weighted by molar-refractivity contribution is 6.05. The molecule has 2 aromatic rings. The molecule has 1 amide bonds. The summed E-state index contributed by atoms with van der Waals surface area (Å²) in [5, 5.41) is 0. The molecule has 35 heavy (non-hydrogen) atoms. The summed E-state index contributed by atoms with van der Waals surface area (Å²) in [5.74, 6) is -1.01. The minimum Gasteiger partial charge on any atom is -0.497 e. The highest BCUT2D eigenvalue weighted by Crippen LogP contribution is 2.36. The fourth-order valence-electron chi connectivity index (χ4n) is 3.91. The zero-order chi connectivity index (χ0) is 25.4. The summed E-state index contributed by atoms with van der Waals surface area (Å²) in [4.78, 5) is 39.5. The van der Waals surface area contributed by atoms with E-state index in [4.69, 9.17) is 18.9 Å². The van der Waals surface area contributed by atoms with Crippen LogP contribution in [-0.4, -0.2) is 49.8 Å². The Morgan fingerprint density at radius 3 is 2.29 bits per heavy atom. The molecule has 3 rings (SSSR count). The summed E-state index contributed by atoms with van der Waals surface area (Å²) in [6.07, 6.45) is 0.472. The van der Waals surface area contributed by atoms with Gasteiger partial charge in [0, 0.05) is 24.6 Å². The van der Waals surface area contributed by atoms with Crippen molar-refractivity contribution < 1.29 is 33.3 Å². The lowest BCUT2D eigenvalue weighted by Gasteiger charge is -2.49. The number of carbonyl (C=O) groups is 3. The average Bonchev–Trinajstić information content (AvgIpc) is 2.86. The lowest BCUT2D eigenvalue weighted by Crippen LogP contribution is -2.71. The third-order valence-corrected chi connectivity index (χ3v) is 5.48. The Bertz CT molecular complexity index is 1050. The first-order valence-corrected chi connectivity index (χ1v) is 11.1. The van der Waals surface area contributed by atoms with Gasteiger partial charge in [-0.1, -0.05) is 42.5 Å². The minimum atomic E-state index is -1.25. The van der Waals surface area contributed by atoms with Gasteiger partial charge in [-0.3, -0.25) is 9.59 Å². The number of nitrogens with zero attached hydrogens (tertiary/aromatic N) is 1. The molecule has 0 aromatic heterocycles. The van der Waals surface area contributed by atoms with Gasteiger partial charge in [-0.2, -0.15) is 0 Å². The topological polar surface area (TPSA) is 91.4 Å². The highest BCUT2D eigenvalue weighted by Gasteiger charge is 2.54. The first-order chi connectivity index (χ1) is 16.9. The van der Waals surface area contributed by atoms with E-state index in [1.165, 1.54) is 11.8 Å². The van der Waals surface area contributed by atoms with Crippen LogP contribution in [0.4, 0.5) is 5.69 Å². The highest BCUT2D eigenvalue weighted by atomic mass is 16.6. The van der Waals surface area contributed by atoms with E-state index < -0.39 is 36.3 Å². The number of benzene rings is 2. The molecule has 1 heterocycles. The third-order valence-electron chi connectivity index (χ3n) is 5.48. The maximum absolute atomic E-state index is 13.2. The molecule has 0 radical (unpaired) electrons. The maximum Gasteiger partial charge on any atom is 0.352 e. The zero-order valence-electron chi connectivity index (χ0n) is 19.8. The van der Waals surface area contributed by atoms with Crippen LogP contribution in [0.5, 0.6) is 5.75 Å². The summed E-state index contributed by atoms with van der Waals surface area (Å²) in [6.45, 7) is 8.78. The lowest BCUT2D eigenvalue weighted by atomic mass is 9.89. The molecule has 0 saturated carbocycles. The summed E-state index contributed by atoms with van der Waals surface area (Å²) in [7, 11) is 1.55. The molecule has 4 atom stereocenters. The molecule has 1 fully saturated rings. The molecular formula is C27H29NO7. The minimum absolute atomic E-state index is 0.151. The van der Waals surface area contributed by atoms with E-state index in [2.05, 4.69) is 13.2 Å². The number of carbonyl (C=O) groups excluding carboxylic acids is 3. The first kappa shape index (κ1) is 25.7. The van der Waals surface area contributed by atoms with Crippen molar-refractivity contribution in [3.05, 3.63) is 85.5 Å². The van der Waals surface area contributed by atoms with Crippen LogP contribution in [0.2, 0.25) is 0 Å². The zero-order valence-corrected chi connectivity index (χ0v) is 19.8. The number of amides is 1. The maximum atomic E-state index is 13.2. The van der Waals surface area contributed by atoms with Crippen LogP contribution in [0.15, 0.2) is 79.9 Å². The van der Waals surface area contributed by atoms with Crippen molar-refractivity contribution >= 4 is 23.5 Å². The van der Waals surface area contributed by atoms with Crippen LogP contribution in [-0.2, 0) is 28.6 Å². The Hall–Kier alpha value is -3.91. The molecule has 0 spiro atoms. The van der Waals surface area contributed by atoms with E-state index in [0.717, 1.165) is 0 Å². The van der Waals surface area contributed by atoms with Crippen molar-refractivity contribution in [1.82, 2.24) is 0 Å². The van der Waals surface area contributed by atoms with Gasteiger partial charge in [-0.15, -0.1) is 13.2 Å². The van der Waals surface area contributed by atoms with Crippen molar-refractivity contribution in [3.63, 3.8) is 0 Å². The largest absolute Gasteiger partial charge is 0.497 e. The second kappa shape index (κ2) is 12.0. The average molecular weight is 480 g/mol. The van der Waals surface area contributed by atoms with Gasteiger partial charge in [0.1, 0.15) is 17.9 Å². The Morgan fingerprint density at radius 2 is 1.71 bits per heavy atom. The molecule has 1 aliphatic heterocycles. The second-order valence-electron chi connectivity index (χ2n) is 7.84. The van der Waals surface area contributed by atoms with E-state index in [1.54, 1.807) is 73.9 Å². The molecule has 1 unspecified atom stereocenters. The number of hydrogen-bond donors (Lipinski definition) is 0. The molecule has 0 N–H and O–H groups in total.